The van der Waals surface area contributed by atoms with E-state index in [-0.39, 0.29) is 10.9 Å². The second kappa shape index (κ2) is 7.74. The molecule has 4 rings (SSSR count). The third kappa shape index (κ3) is 3.66. The molecule has 2 heterocycles. The molecule has 0 amide bonds. The number of nitrogens with one attached hydrogen (secondary N) is 1. The Morgan fingerprint density at radius 3 is 2.50 bits per heavy atom. The zero-order valence-corrected chi connectivity index (χ0v) is 18.4. The van der Waals surface area contributed by atoms with E-state index >= 15 is 0 Å². The number of benzene rings is 2. The summed E-state index contributed by atoms with van der Waals surface area (Å²) >= 11 is 0. The van der Waals surface area contributed by atoms with Crippen LogP contribution in [0.2, 0.25) is 0 Å². The maximum Gasteiger partial charge on any atom is 0.263 e. The molecule has 1 aliphatic rings. The van der Waals surface area contributed by atoms with Crippen molar-refractivity contribution in [3.05, 3.63) is 78.4 Å². The molecule has 6 nitrogen and oxygen atoms in total. The molecule has 1 unspecified atom stereocenters. The average Bonchev–Trinajstić information content (AvgIpc) is 3.00. The molecule has 1 aliphatic heterocycles. The van der Waals surface area contributed by atoms with Gasteiger partial charge in [-0.25, -0.2) is 13.4 Å². The Balaban J connectivity index is 1.71. The largest absolute Gasteiger partial charge is 0.264 e. The van der Waals surface area contributed by atoms with Crippen LogP contribution in [0.4, 0.5) is 5.69 Å². The van der Waals surface area contributed by atoms with Crippen molar-refractivity contribution in [1.29, 1.82) is 0 Å². The molecular formula is C23H26N4O2S. The lowest BCUT2D eigenvalue weighted by Crippen LogP contribution is -2.42. The lowest BCUT2D eigenvalue weighted by Gasteiger charge is -2.32. The fourth-order valence-corrected chi connectivity index (χ4v) is 4.70. The number of fused-ring (bicyclic) bond motifs is 1. The van der Waals surface area contributed by atoms with Crippen LogP contribution in [-0.2, 0) is 10.0 Å². The van der Waals surface area contributed by atoms with Crippen molar-refractivity contribution in [1.82, 2.24) is 14.7 Å². The van der Waals surface area contributed by atoms with Crippen molar-refractivity contribution >= 4 is 26.5 Å². The Bertz CT molecular complexity index is 1200. The molecule has 7 heteroatoms. The maximum atomic E-state index is 13.1. The molecule has 2 aromatic carbocycles. The SMILES string of the molecule is CC(C)c1ccc(S(=O)(=O)NC2=CC(C)N(C)N2c2cccc3cnccc23)cc1. The van der Waals surface area contributed by atoms with Crippen LogP contribution in [-0.4, -0.2) is 31.5 Å². The van der Waals surface area contributed by atoms with E-state index in [2.05, 4.69) is 23.6 Å². The van der Waals surface area contributed by atoms with Crippen molar-refractivity contribution in [3.63, 3.8) is 0 Å². The minimum Gasteiger partial charge on any atom is -0.264 e. The molecule has 0 fully saturated rings. The van der Waals surface area contributed by atoms with Gasteiger partial charge in [0.15, 0.2) is 0 Å². The highest BCUT2D eigenvalue weighted by Gasteiger charge is 2.31. The van der Waals surface area contributed by atoms with Crippen molar-refractivity contribution in [3.8, 4) is 0 Å². The van der Waals surface area contributed by atoms with E-state index in [0.717, 1.165) is 22.0 Å². The minimum atomic E-state index is -3.73. The lowest BCUT2D eigenvalue weighted by atomic mass is 10.0. The number of hydrogen-bond acceptors (Lipinski definition) is 5. The number of likely N-dealkylation sites (N-methyl/N-ethyl adjacent to an activating group) is 1. The maximum absolute atomic E-state index is 13.1. The van der Waals surface area contributed by atoms with Crippen LogP contribution in [0, 0.1) is 0 Å². The van der Waals surface area contributed by atoms with Gasteiger partial charge in [0.05, 0.1) is 10.6 Å². The van der Waals surface area contributed by atoms with E-state index < -0.39 is 10.0 Å². The van der Waals surface area contributed by atoms with Crippen molar-refractivity contribution in [2.24, 2.45) is 0 Å². The number of rotatable bonds is 5. The summed E-state index contributed by atoms with van der Waals surface area (Å²) < 4.78 is 29.0. The van der Waals surface area contributed by atoms with Gasteiger partial charge in [0.1, 0.15) is 5.82 Å². The van der Waals surface area contributed by atoms with E-state index in [1.165, 1.54) is 0 Å². The number of anilines is 1. The highest BCUT2D eigenvalue weighted by Crippen LogP contribution is 2.33. The summed E-state index contributed by atoms with van der Waals surface area (Å²) in [6.45, 7) is 6.19. The summed E-state index contributed by atoms with van der Waals surface area (Å²) in [4.78, 5) is 4.44. The number of pyridine rings is 1. The third-order valence-corrected chi connectivity index (χ3v) is 6.88. The Labute approximate surface area is 177 Å². The van der Waals surface area contributed by atoms with Crippen molar-refractivity contribution < 1.29 is 8.42 Å². The first-order valence-corrected chi connectivity index (χ1v) is 11.5. The van der Waals surface area contributed by atoms with Crippen LogP contribution in [0.25, 0.3) is 10.8 Å². The smallest absolute Gasteiger partial charge is 0.263 e. The van der Waals surface area contributed by atoms with Gasteiger partial charge in [-0.15, -0.1) is 0 Å². The van der Waals surface area contributed by atoms with Crippen LogP contribution in [0.3, 0.4) is 0 Å². The number of hydrazine groups is 1. The van der Waals surface area contributed by atoms with Crippen LogP contribution < -0.4 is 9.73 Å². The van der Waals surface area contributed by atoms with Gasteiger partial charge in [-0.05, 0) is 48.7 Å². The second-order valence-corrected chi connectivity index (χ2v) is 9.56. The molecule has 1 aromatic heterocycles. The third-order valence-electron chi connectivity index (χ3n) is 5.51. The summed E-state index contributed by atoms with van der Waals surface area (Å²) in [5.41, 5.74) is 2.00. The highest BCUT2D eigenvalue weighted by molar-refractivity contribution is 7.89. The Kier molecular flexibility index (Phi) is 5.26. The average molecular weight is 423 g/mol. The van der Waals surface area contributed by atoms with E-state index in [9.17, 15) is 8.42 Å². The molecule has 156 valence electrons. The molecule has 0 radical (unpaired) electrons. The van der Waals surface area contributed by atoms with E-state index in [1.807, 2.05) is 72.7 Å². The Hall–Kier alpha value is -2.90. The van der Waals surface area contributed by atoms with Gasteiger partial charge in [-0.1, -0.05) is 38.1 Å². The van der Waals surface area contributed by atoms with Gasteiger partial charge in [-0.3, -0.25) is 14.7 Å². The molecule has 1 N–H and O–H groups in total. The lowest BCUT2D eigenvalue weighted by molar-refractivity contribution is 0.316. The Morgan fingerprint density at radius 1 is 1.07 bits per heavy atom. The zero-order valence-electron chi connectivity index (χ0n) is 17.6. The topological polar surface area (TPSA) is 65.5 Å². The summed E-state index contributed by atoms with van der Waals surface area (Å²) in [5, 5.41) is 5.91. The summed E-state index contributed by atoms with van der Waals surface area (Å²) in [7, 11) is -1.78. The molecule has 0 spiro atoms. The molecule has 1 atom stereocenters. The normalized spacial score (nSPS) is 17.6. The van der Waals surface area contributed by atoms with Gasteiger partial charge in [0.25, 0.3) is 10.0 Å². The van der Waals surface area contributed by atoms with E-state index in [0.29, 0.717) is 11.7 Å². The fraction of sp³-hybridized carbons (Fsp3) is 0.261. The number of sulfonamides is 1. The summed E-state index contributed by atoms with van der Waals surface area (Å²) in [5.74, 6) is 0.861. The van der Waals surface area contributed by atoms with Crippen LogP contribution in [0.5, 0.6) is 0 Å². The number of nitrogens with zero attached hydrogens (tertiary/aromatic N) is 3. The van der Waals surface area contributed by atoms with Crippen LogP contribution >= 0.6 is 0 Å². The van der Waals surface area contributed by atoms with Gasteiger partial charge in [0, 0.05) is 36.3 Å². The van der Waals surface area contributed by atoms with E-state index in [1.54, 1.807) is 18.3 Å². The first kappa shape index (κ1) is 20.4. The second-order valence-electron chi connectivity index (χ2n) is 7.88. The predicted octanol–water partition coefficient (Wildman–Crippen LogP) is 4.23. The highest BCUT2D eigenvalue weighted by atomic mass is 32.2. The Morgan fingerprint density at radius 2 is 1.80 bits per heavy atom. The fourth-order valence-electron chi connectivity index (χ4n) is 3.65. The molecular weight excluding hydrogens is 396 g/mol. The molecule has 30 heavy (non-hydrogen) atoms. The molecule has 0 bridgehead atoms. The predicted molar refractivity (Wildman–Crippen MR) is 120 cm³/mol. The van der Waals surface area contributed by atoms with Crippen LogP contribution in [0.15, 0.2) is 77.7 Å². The van der Waals surface area contributed by atoms with E-state index in [4.69, 9.17) is 0 Å². The number of aromatic nitrogens is 1. The standard InChI is InChI=1S/C23H26N4O2S/c1-16(2)18-8-10-20(11-9-18)30(28,29)25-23-14-17(3)26(4)27(23)22-7-5-6-19-15-24-13-12-21(19)22/h5-17,25H,1-4H3. The first-order valence-electron chi connectivity index (χ1n) is 9.98. The van der Waals surface area contributed by atoms with Gasteiger partial charge >= 0.3 is 0 Å². The van der Waals surface area contributed by atoms with Gasteiger partial charge in [0.2, 0.25) is 0 Å². The van der Waals surface area contributed by atoms with Crippen molar-refractivity contribution in [2.75, 3.05) is 12.1 Å². The van der Waals surface area contributed by atoms with Gasteiger partial charge < -0.3 is 0 Å². The quantitative estimate of drug-likeness (QED) is 0.666. The molecule has 0 saturated heterocycles. The molecule has 0 saturated carbocycles. The molecule has 0 aliphatic carbocycles. The van der Waals surface area contributed by atoms with Crippen molar-refractivity contribution in [2.45, 2.75) is 37.6 Å². The van der Waals surface area contributed by atoms with Crippen LogP contribution in [0.1, 0.15) is 32.3 Å². The zero-order chi connectivity index (χ0) is 21.5. The summed E-state index contributed by atoms with van der Waals surface area (Å²) in [6.07, 6.45) is 5.47. The molecule has 3 aromatic rings. The first-order chi connectivity index (χ1) is 14.3. The van der Waals surface area contributed by atoms with Gasteiger partial charge in [-0.2, -0.15) is 0 Å². The number of hydrogen-bond donors (Lipinski definition) is 1. The summed E-state index contributed by atoms with van der Waals surface area (Å²) in [6, 6.07) is 15.0. The monoisotopic (exact) mass is 422 g/mol. The minimum absolute atomic E-state index is 0.0307.